The lowest BCUT2D eigenvalue weighted by atomic mass is 9.73. The number of aryl methyl sites for hydroxylation is 1. The molecule has 0 unspecified atom stereocenters. The van der Waals surface area contributed by atoms with E-state index in [9.17, 15) is 4.79 Å². The van der Waals surface area contributed by atoms with Crippen molar-refractivity contribution < 1.29 is 9.53 Å². The first-order valence-corrected chi connectivity index (χ1v) is 8.61. The van der Waals surface area contributed by atoms with Gasteiger partial charge >= 0.3 is 0 Å². The highest BCUT2D eigenvalue weighted by Gasteiger charge is 2.63. The molecule has 126 valence electrons. The fourth-order valence-corrected chi connectivity index (χ4v) is 4.88. The highest BCUT2D eigenvalue weighted by molar-refractivity contribution is 6.34. The first-order valence-electron chi connectivity index (χ1n) is 8.23. The number of nitrogens with one attached hydrogen (secondary N) is 1. The van der Waals surface area contributed by atoms with Crippen LogP contribution in [0.4, 0.5) is 0 Å². The number of carbonyl (C=O) groups is 1. The van der Waals surface area contributed by atoms with Crippen molar-refractivity contribution in [1.82, 2.24) is 20.0 Å². The summed E-state index contributed by atoms with van der Waals surface area (Å²) in [6.07, 6.45) is 2.53. The number of hydrogen-bond donors (Lipinski definition) is 1. The van der Waals surface area contributed by atoms with Gasteiger partial charge in [-0.15, -0.1) is 0 Å². The molecule has 0 aliphatic carbocycles. The predicted octanol–water partition coefficient (Wildman–Crippen LogP) is 1.55. The van der Waals surface area contributed by atoms with Gasteiger partial charge in [-0.05, 0) is 33.9 Å². The second-order valence-electron chi connectivity index (χ2n) is 7.49. The zero-order chi connectivity index (χ0) is 16.4. The number of hydrogen-bond acceptors (Lipinski definition) is 4. The summed E-state index contributed by atoms with van der Waals surface area (Å²) in [7, 11) is 4.20. The molecule has 0 saturated carbocycles. The van der Waals surface area contributed by atoms with Gasteiger partial charge < -0.3 is 14.5 Å². The largest absolute Gasteiger partial charge is 0.369 e. The number of rotatable bonds is 3. The molecule has 3 aliphatic heterocycles. The van der Waals surface area contributed by atoms with E-state index in [-0.39, 0.29) is 11.5 Å². The van der Waals surface area contributed by atoms with Crippen LogP contribution in [-0.4, -0.2) is 71.3 Å². The molecular weight excluding hydrogens is 316 g/mol. The van der Waals surface area contributed by atoms with Gasteiger partial charge in [-0.3, -0.25) is 9.89 Å². The molecule has 23 heavy (non-hydrogen) atoms. The Kier molecular flexibility index (Phi) is 3.48. The van der Waals surface area contributed by atoms with Crippen LogP contribution in [0, 0.1) is 18.8 Å². The van der Waals surface area contributed by atoms with Gasteiger partial charge in [0, 0.05) is 24.9 Å². The van der Waals surface area contributed by atoms with E-state index in [4.69, 9.17) is 16.3 Å². The van der Waals surface area contributed by atoms with Crippen molar-refractivity contribution in [1.29, 1.82) is 0 Å². The zero-order valence-corrected chi connectivity index (χ0v) is 14.6. The van der Waals surface area contributed by atoms with Gasteiger partial charge in [-0.1, -0.05) is 11.6 Å². The third kappa shape index (κ3) is 2.22. The number of carbonyl (C=O) groups excluding carboxylic acids is 1. The summed E-state index contributed by atoms with van der Waals surface area (Å²) in [5, 5.41) is 7.30. The topological polar surface area (TPSA) is 61.5 Å². The van der Waals surface area contributed by atoms with Crippen molar-refractivity contribution >= 4 is 17.5 Å². The van der Waals surface area contributed by atoms with Crippen molar-refractivity contribution in [3.05, 3.63) is 16.4 Å². The van der Waals surface area contributed by atoms with E-state index in [0.29, 0.717) is 35.2 Å². The quantitative estimate of drug-likeness (QED) is 0.908. The normalized spacial score (nSPS) is 35.3. The maximum atomic E-state index is 12.8. The average Bonchev–Trinajstić information content (AvgIpc) is 3.21. The number of H-pyrrole nitrogens is 1. The van der Waals surface area contributed by atoms with Gasteiger partial charge in [0.15, 0.2) is 5.69 Å². The van der Waals surface area contributed by atoms with Crippen LogP contribution >= 0.6 is 11.6 Å². The van der Waals surface area contributed by atoms with Gasteiger partial charge in [0.25, 0.3) is 5.91 Å². The van der Waals surface area contributed by atoms with E-state index in [1.807, 2.05) is 11.8 Å². The number of nitrogens with zero attached hydrogens (tertiary/aromatic N) is 3. The lowest BCUT2D eigenvalue weighted by Gasteiger charge is -2.30. The SMILES string of the molecule is Cc1[nH]nc(C(=O)N2C[C@H]3[C@@H](CN(C)C)[C@@H]4CC[C@@]3(C2)O4)c1Cl. The summed E-state index contributed by atoms with van der Waals surface area (Å²) in [6, 6.07) is 0. The molecule has 1 aromatic heterocycles. The van der Waals surface area contributed by atoms with Crippen molar-refractivity contribution in [2.24, 2.45) is 11.8 Å². The minimum absolute atomic E-state index is 0.0845. The first kappa shape index (κ1) is 15.4. The molecule has 1 spiro atoms. The minimum Gasteiger partial charge on any atom is -0.369 e. The molecular formula is C16H23ClN4O2. The molecule has 3 fully saturated rings. The van der Waals surface area contributed by atoms with Crippen LogP contribution in [0.3, 0.4) is 0 Å². The molecule has 0 aromatic carbocycles. The Hall–Kier alpha value is -1.11. The monoisotopic (exact) mass is 338 g/mol. The second kappa shape index (κ2) is 5.19. The molecule has 6 nitrogen and oxygen atoms in total. The summed E-state index contributed by atoms with van der Waals surface area (Å²) >= 11 is 6.20. The van der Waals surface area contributed by atoms with Gasteiger partial charge in [0.2, 0.25) is 0 Å². The number of aromatic amines is 1. The van der Waals surface area contributed by atoms with Crippen molar-refractivity contribution in [3.8, 4) is 0 Å². The van der Waals surface area contributed by atoms with Gasteiger partial charge in [-0.25, -0.2) is 0 Å². The third-order valence-corrected chi connectivity index (χ3v) is 6.18. The summed E-state index contributed by atoms with van der Waals surface area (Å²) in [4.78, 5) is 16.9. The lowest BCUT2D eigenvalue weighted by molar-refractivity contribution is 0.00250. The molecule has 3 aliphatic rings. The van der Waals surface area contributed by atoms with E-state index in [1.165, 1.54) is 0 Å². The molecule has 7 heteroatoms. The van der Waals surface area contributed by atoms with Crippen LogP contribution in [0.15, 0.2) is 0 Å². The average molecular weight is 339 g/mol. The van der Waals surface area contributed by atoms with Crippen LogP contribution in [0.2, 0.25) is 5.02 Å². The van der Waals surface area contributed by atoms with E-state index < -0.39 is 0 Å². The smallest absolute Gasteiger partial charge is 0.276 e. The molecule has 1 N–H and O–H groups in total. The number of likely N-dealkylation sites (tertiary alicyclic amines) is 1. The lowest BCUT2D eigenvalue weighted by Crippen LogP contribution is -2.40. The maximum Gasteiger partial charge on any atom is 0.276 e. The molecule has 4 heterocycles. The standard InChI is InChI=1S/C16H23ClN4O2/c1-9-13(17)14(19-18-9)15(22)21-7-11-10(6-20(2)3)12-4-5-16(11,8-21)23-12/h10-12H,4-8H2,1-3H3,(H,18,19)/t10-,11+,12+,16+/m1/s1. The van der Waals surface area contributed by atoms with Crippen LogP contribution in [-0.2, 0) is 4.74 Å². The zero-order valence-electron chi connectivity index (χ0n) is 13.8. The van der Waals surface area contributed by atoms with Gasteiger partial charge in [0.05, 0.1) is 29.0 Å². The Bertz CT molecular complexity index is 646. The van der Waals surface area contributed by atoms with Crippen molar-refractivity contribution in [2.45, 2.75) is 31.5 Å². The van der Waals surface area contributed by atoms with Crippen LogP contribution in [0.1, 0.15) is 29.0 Å². The Morgan fingerprint density at radius 3 is 3.00 bits per heavy atom. The number of aromatic nitrogens is 2. The van der Waals surface area contributed by atoms with Gasteiger partial charge in [0.1, 0.15) is 0 Å². The van der Waals surface area contributed by atoms with Crippen LogP contribution in [0.5, 0.6) is 0 Å². The van der Waals surface area contributed by atoms with Crippen LogP contribution in [0.25, 0.3) is 0 Å². The Morgan fingerprint density at radius 2 is 2.35 bits per heavy atom. The van der Waals surface area contributed by atoms with Crippen LogP contribution < -0.4 is 0 Å². The fraction of sp³-hybridized carbons (Fsp3) is 0.750. The maximum absolute atomic E-state index is 12.8. The Morgan fingerprint density at radius 1 is 1.57 bits per heavy atom. The third-order valence-electron chi connectivity index (χ3n) is 5.72. The van der Waals surface area contributed by atoms with Gasteiger partial charge in [-0.2, -0.15) is 5.10 Å². The molecule has 4 atom stereocenters. The van der Waals surface area contributed by atoms with Crippen molar-refractivity contribution in [3.63, 3.8) is 0 Å². The van der Waals surface area contributed by atoms with E-state index in [0.717, 1.165) is 31.6 Å². The summed E-state index contributed by atoms with van der Waals surface area (Å²) < 4.78 is 6.37. The molecule has 0 radical (unpaired) electrons. The van der Waals surface area contributed by atoms with E-state index in [2.05, 4.69) is 29.2 Å². The number of ether oxygens (including phenoxy) is 1. The summed E-state index contributed by atoms with van der Waals surface area (Å²) in [6.45, 7) is 4.25. The highest BCUT2D eigenvalue weighted by Crippen LogP contribution is 2.55. The molecule has 4 rings (SSSR count). The molecule has 2 bridgehead atoms. The highest BCUT2D eigenvalue weighted by atomic mass is 35.5. The Labute approximate surface area is 141 Å². The summed E-state index contributed by atoms with van der Waals surface area (Å²) in [5.74, 6) is 0.845. The Balaban J connectivity index is 1.56. The van der Waals surface area contributed by atoms with E-state index in [1.54, 1.807) is 0 Å². The molecule has 3 saturated heterocycles. The predicted molar refractivity (Wildman–Crippen MR) is 86.6 cm³/mol. The second-order valence-corrected chi connectivity index (χ2v) is 7.87. The van der Waals surface area contributed by atoms with E-state index >= 15 is 0 Å². The summed E-state index contributed by atoms with van der Waals surface area (Å²) in [5.41, 5.74) is 0.924. The number of fused-ring (bicyclic) bond motifs is 1. The molecule has 1 amide bonds. The number of amides is 1. The van der Waals surface area contributed by atoms with Crippen molar-refractivity contribution in [2.75, 3.05) is 33.7 Å². The minimum atomic E-state index is -0.140. The first-order chi connectivity index (χ1) is 10.9. The fourth-order valence-electron chi connectivity index (χ4n) is 4.72. The number of halogens is 1. The molecule has 1 aromatic rings.